The highest BCUT2D eigenvalue weighted by atomic mass is 16.5. The van der Waals surface area contributed by atoms with Gasteiger partial charge in [0.05, 0.1) is 13.2 Å². The molecule has 6 nitrogen and oxygen atoms in total. The minimum Gasteiger partial charge on any atom is -0.379 e. The predicted molar refractivity (Wildman–Crippen MR) is 88.9 cm³/mol. The van der Waals surface area contributed by atoms with Crippen LogP contribution in [0.1, 0.15) is 25.7 Å². The zero-order valence-corrected chi connectivity index (χ0v) is 13.9. The maximum atomic E-state index is 12.2. The molecule has 0 unspecified atom stereocenters. The maximum Gasteiger partial charge on any atom is 0.223 e. The number of carbonyl (C=O) groups excluding carboxylic acids is 2. The summed E-state index contributed by atoms with van der Waals surface area (Å²) < 4.78 is 5.31. The lowest BCUT2D eigenvalue weighted by Crippen LogP contribution is -2.43. The van der Waals surface area contributed by atoms with Gasteiger partial charge >= 0.3 is 0 Å². The van der Waals surface area contributed by atoms with E-state index in [2.05, 4.69) is 22.1 Å². The van der Waals surface area contributed by atoms with Crippen molar-refractivity contribution in [2.45, 2.75) is 25.7 Å². The number of ether oxygens (including phenoxy) is 1. The van der Waals surface area contributed by atoms with E-state index < -0.39 is 0 Å². The summed E-state index contributed by atoms with van der Waals surface area (Å²) in [6, 6.07) is 0. The molecule has 0 aromatic heterocycles. The number of carbonyl (C=O) groups is 2. The van der Waals surface area contributed by atoms with E-state index in [1.54, 1.807) is 6.08 Å². The van der Waals surface area contributed by atoms with Crippen LogP contribution in [0, 0.1) is 11.8 Å². The van der Waals surface area contributed by atoms with Gasteiger partial charge in [-0.1, -0.05) is 6.08 Å². The Bertz CT molecular complexity index is 400. The third-order valence-corrected chi connectivity index (χ3v) is 4.72. The quantitative estimate of drug-likeness (QED) is 0.671. The minimum absolute atomic E-state index is 0.0485. The van der Waals surface area contributed by atoms with Crippen LogP contribution in [0.15, 0.2) is 12.7 Å². The van der Waals surface area contributed by atoms with Crippen molar-refractivity contribution in [1.82, 2.24) is 15.5 Å². The molecule has 1 aliphatic carbocycles. The van der Waals surface area contributed by atoms with E-state index in [9.17, 15) is 9.59 Å². The fourth-order valence-electron chi connectivity index (χ4n) is 3.24. The summed E-state index contributed by atoms with van der Waals surface area (Å²) in [5, 5.41) is 5.89. The summed E-state index contributed by atoms with van der Waals surface area (Å²) in [4.78, 5) is 26.4. The number of hydrogen-bond acceptors (Lipinski definition) is 4. The van der Waals surface area contributed by atoms with Gasteiger partial charge in [-0.25, -0.2) is 0 Å². The molecule has 1 saturated heterocycles. The predicted octanol–water partition coefficient (Wildman–Crippen LogP) is 0.543. The molecule has 0 bridgehead atoms. The lowest BCUT2D eigenvalue weighted by atomic mass is 9.81. The smallest absolute Gasteiger partial charge is 0.223 e. The summed E-state index contributed by atoms with van der Waals surface area (Å²) in [5.41, 5.74) is 0. The maximum absolute atomic E-state index is 12.2. The molecular formula is C17H29N3O3. The lowest BCUT2D eigenvalue weighted by molar-refractivity contribution is -0.130. The van der Waals surface area contributed by atoms with Crippen molar-refractivity contribution in [3.63, 3.8) is 0 Å². The van der Waals surface area contributed by atoms with Crippen molar-refractivity contribution in [1.29, 1.82) is 0 Å². The highest BCUT2D eigenvalue weighted by Crippen LogP contribution is 2.29. The van der Waals surface area contributed by atoms with Crippen molar-refractivity contribution >= 4 is 11.8 Å². The molecule has 2 aliphatic rings. The number of rotatable bonds is 7. The zero-order valence-electron chi connectivity index (χ0n) is 13.9. The molecular weight excluding hydrogens is 294 g/mol. The first kappa shape index (κ1) is 17.9. The molecule has 2 N–H and O–H groups in total. The number of amides is 2. The second-order valence-electron chi connectivity index (χ2n) is 6.33. The van der Waals surface area contributed by atoms with Crippen molar-refractivity contribution in [2.24, 2.45) is 11.8 Å². The van der Waals surface area contributed by atoms with Gasteiger partial charge in [-0.05, 0) is 25.7 Å². The van der Waals surface area contributed by atoms with Gasteiger partial charge in [-0.3, -0.25) is 14.5 Å². The summed E-state index contributed by atoms with van der Waals surface area (Å²) in [7, 11) is 0. The highest BCUT2D eigenvalue weighted by Gasteiger charge is 2.29. The second kappa shape index (κ2) is 9.67. The van der Waals surface area contributed by atoms with E-state index in [-0.39, 0.29) is 23.7 Å². The molecule has 1 heterocycles. The largest absolute Gasteiger partial charge is 0.379 e. The normalized spacial score (nSPS) is 25.6. The summed E-state index contributed by atoms with van der Waals surface area (Å²) in [5.74, 6) is 0.342. The van der Waals surface area contributed by atoms with E-state index in [0.29, 0.717) is 13.1 Å². The SMILES string of the molecule is C=CCNC(=O)C1CCC(C(=O)NCCN2CCOCC2)CC1. The molecule has 2 fully saturated rings. The van der Waals surface area contributed by atoms with Crippen molar-refractivity contribution in [2.75, 3.05) is 45.9 Å². The third-order valence-electron chi connectivity index (χ3n) is 4.72. The van der Waals surface area contributed by atoms with Gasteiger partial charge in [-0.15, -0.1) is 6.58 Å². The Hall–Kier alpha value is -1.40. The van der Waals surface area contributed by atoms with Crippen LogP contribution in [0.2, 0.25) is 0 Å². The molecule has 2 amide bonds. The Morgan fingerprint density at radius 2 is 1.61 bits per heavy atom. The van der Waals surface area contributed by atoms with Crippen LogP contribution >= 0.6 is 0 Å². The van der Waals surface area contributed by atoms with Crippen LogP contribution in [0.5, 0.6) is 0 Å². The monoisotopic (exact) mass is 323 g/mol. The number of morpholine rings is 1. The average molecular weight is 323 g/mol. The van der Waals surface area contributed by atoms with Crippen LogP contribution in [0.3, 0.4) is 0 Å². The summed E-state index contributed by atoms with van der Waals surface area (Å²) >= 11 is 0. The van der Waals surface area contributed by atoms with Crippen LogP contribution in [-0.2, 0) is 14.3 Å². The standard InChI is InChI=1S/C17H29N3O3/c1-2-7-18-16(21)14-3-5-15(6-4-14)17(22)19-8-9-20-10-12-23-13-11-20/h2,14-15H,1,3-13H2,(H,18,21)(H,19,22). The third kappa shape index (κ3) is 5.95. The number of nitrogens with one attached hydrogen (secondary N) is 2. The minimum atomic E-state index is 0.0485. The van der Waals surface area contributed by atoms with E-state index in [1.807, 2.05) is 0 Å². The van der Waals surface area contributed by atoms with Crippen molar-refractivity contribution in [3.05, 3.63) is 12.7 Å². The van der Waals surface area contributed by atoms with Crippen molar-refractivity contribution < 1.29 is 14.3 Å². The van der Waals surface area contributed by atoms with E-state index >= 15 is 0 Å². The van der Waals surface area contributed by atoms with Gasteiger partial charge in [0.15, 0.2) is 0 Å². The number of hydrogen-bond donors (Lipinski definition) is 2. The molecule has 6 heteroatoms. The molecule has 0 spiro atoms. The van der Waals surface area contributed by atoms with Crippen LogP contribution in [-0.4, -0.2) is 62.7 Å². The number of nitrogens with zero attached hydrogens (tertiary/aromatic N) is 1. The Balaban J connectivity index is 1.61. The van der Waals surface area contributed by atoms with Gasteiger partial charge in [0.25, 0.3) is 0 Å². The Labute approximate surface area is 138 Å². The summed E-state index contributed by atoms with van der Waals surface area (Å²) in [6.07, 6.45) is 4.88. The van der Waals surface area contributed by atoms with E-state index in [0.717, 1.165) is 58.5 Å². The molecule has 2 rings (SSSR count). The molecule has 0 aromatic rings. The Morgan fingerprint density at radius 3 is 2.17 bits per heavy atom. The fraction of sp³-hybridized carbons (Fsp3) is 0.765. The molecule has 0 aromatic carbocycles. The molecule has 23 heavy (non-hydrogen) atoms. The van der Waals surface area contributed by atoms with Gasteiger partial charge in [0.2, 0.25) is 11.8 Å². The van der Waals surface area contributed by atoms with Gasteiger partial charge < -0.3 is 15.4 Å². The van der Waals surface area contributed by atoms with Crippen molar-refractivity contribution in [3.8, 4) is 0 Å². The molecule has 1 aliphatic heterocycles. The lowest BCUT2D eigenvalue weighted by Gasteiger charge is -2.28. The van der Waals surface area contributed by atoms with Crippen LogP contribution in [0.4, 0.5) is 0 Å². The van der Waals surface area contributed by atoms with Gasteiger partial charge in [0, 0.05) is 44.6 Å². The molecule has 1 saturated carbocycles. The molecule has 0 radical (unpaired) electrons. The first-order chi connectivity index (χ1) is 11.2. The summed E-state index contributed by atoms with van der Waals surface area (Å²) in [6.45, 7) is 9.15. The first-order valence-corrected chi connectivity index (χ1v) is 8.67. The van der Waals surface area contributed by atoms with E-state index in [4.69, 9.17) is 4.74 Å². The first-order valence-electron chi connectivity index (χ1n) is 8.67. The van der Waals surface area contributed by atoms with Crippen LogP contribution in [0.25, 0.3) is 0 Å². The Kier molecular flexibility index (Phi) is 7.55. The van der Waals surface area contributed by atoms with Gasteiger partial charge in [0.1, 0.15) is 0 Å². The zero-order chi connectivity index (χ0) is 16.5. The molecule has 130 valence electrons. The highest BCUT2D eigenvalue weighted by molar-refractivity contribution is 5.81. The van der Waals surface area contributed by atoms with Crippen LogP contribution < -0.4 is 10.6 Å². The fourth-order valence-corrected chi connectivity index (χ4v) is 3.24. The average Bonchev–Trinajstić information content (AvgIpc) is 2.60. The molecule has 0 atom stereocenters. The van der Waals surface area contributed by atoms with E-state index in [1.165, 1.54) is 0 Å². The topological polar surface area (TPSA) is 70.7 Å². The second-order valence-corrected chi connectivity index (χ2v) is 6.33. The Morgan fingerprint density at radius 1 is 1.04 bits per heavy atom. The van der Waals surface area contributed by atoms with Gasteiger partial charge in [-0.2, -0.15) is 0 Å².